The van der Waals surface area contributed by atoms with Crippen LogP contribution in [0.5, 0.6) is 11.5 Å². The first-order chi connectivity index (χ1) is 17.0. The summed E-state index contributed by atoms with van der Waals surface area (Å²) in [5, 5.41) is 11.2. The summed E-state index contributed by atoms with van der Waals surface area (Å²) < 4.78 is 19.8. The van der Waals surface area contributed by atoms with Crippen LogP contribution in [-0.4, -0.2) is 64.7 Å². The molecule has 1 saturated heterocycles. The van der Waals surface area contributed by atoms with Crippen molar-refractivity contribution in [3.63, 3.8) is 0 Å². The number of rotatable bonds is 11. The summed E-state index contributed by atoms with van der Waals surface area (Å²) in [7, 11) is 0. The molecule has 7 nitrogen and oxygen atoms in total. The Bertz CT molecular complexity index is 1050. The summed E-state index contributed by atoms with van der Waals surface area (Å²) in [6.07, 6.45) is 5.74. The maximum atomic E-state index is 11.2. The minimum Gasteiger partial charge on any atom is -0.494 e. The van der Waals surface area contributed by atoms with Crippen LogP contribution in [0.3, 0.4) is 0 Å². The largest absolute Gasteiger partial charge is 0.494 e. The number of imidazole rings is 1. The third kappa shape index (κ3) is 7.56. The fourth-order valence-electron chi connectivity index (χ4n) is 4.35. The number of benzene rings is 2. The fourth-order valence-corrected chi connectivity index (χ4v) is 4.35. The van der Waals surface area contributed by atoms with E-state index in [1.54, 1.807) is 0 Å². The van der Waals surface area contributed by atoms with Gasteiger partial charge < -0.3 is 23.9 Å². The molecule has 1 N–H and O–H groups in total. The van der Waals surface area contributed by atoms with Gasteiger partial charge in [0.05, 0.1) is 19.8 Å². The van der Waals surface area contributed by atoms with Gasteiger partial charge in [-0.25, -0.2) is 4.98 Å². The molecule has 0 radical (unpaired) electrons. The molecule has 0 unspecified atom stereocenters. The zero-order valence-electron chi connectivity index (χ0n) is 20.9. The van der Waals surface area contributed by atoms with E-state index in [2.05, 4.69) is 33.5 Å². The van der Waals surface area contributed by atoms with Crippen LogP contribution in [-0.2, 0) is 24.2 Å². The summed E-state index contributed by atoms with van der Waals surface area (Å²) in [4.78, 5) is 6.59. The predicted octanol–water partition coefficient (Wildman–Crippen LogP) is 3.87. The molecule has 1 aliphatic rings. The molecule has 35 heavy (non-hydrogen) atoms. The van der Waals surface area contributed by atoms with E-state index in [1.807, 2.05) is 55.7 Å². The van der Waals surface area contributed by atoms with Gasteiger partial charge in [0.1, 0.15) is 29.5 Å². The Labute approximate surface area is 208 Å². The highest BCUT2D eigenvalue weighted by atomic mass is 16.5. The second-order valence-electron chi connectivity index (χ2n) is 9.33. The predicted molar refractivity (Wildman–Crippen MR) is 136 cm³/mol. The van der Waals surface area contributed by atoms with E-state index in [9.17, 15) is 5.11 Å². The average Bonchev–Trinajstić information content (AvgIpc) is 3.24. The lowest BCUT2D eigenvalue weighted by molar-refractivity contribution is -0.0646. The zero-order chi connectivity index (χ0) is 24.5. The van der Waals surface area contributed by atoms with Gasteiger partial charge in [0.25, 0.3) is 0 Å². The van der Waals surface area contributed by atoms with Crippen LogP contribution in [0.4, 0.5) is 0 Å². The van der Waals surface area contributed by atoms with Crippen LogP contribution in [0.25, 0.3) is 0 Å². The van der Waals surface area contributed by atoms with Crippen molar-refractivity contribution in [1.29, 1.82) is 0 Å². The molecule has 1 atom stereocenters. The van der Waals surface area contributed by atoms with Crippen molar-refractivity contribution in [1.82, 2.24) is 14.5 Å². The second kappa shape index (κ2) is 12.2. The van der Waals surface area contributed by atoms with Crippen molar-refractivity contribution in [3.05, 3.63) is 77.9 Å². The molecule has 2 heterocycles. The van der Waals surface area contributed by atoms with E-state index in [4.69, 9.17) is 14.2 Å². The molecule has 1 aliphatic heterocycles. The standard InChI is InChI=1S/C28H37N3O4/c1-3-27-29-12-14-31(27)13-5-16-34-26-7-4-6-24(18-26)19-30-15-17-33-21-28(32,20-30)22-35-25-10-8-23(2)9-11-25/h4,6-12,14,18,32H,3,5,13,15-17,19-22H2,1-2H3/t28-/m1/s1. The van der Waals surface area contributed by atoms with E-state index in [1.165, 1.54) is 5.56 Å². The summed E-state index contributed by atoms with van der Waals surface area (Å²) in [5.41, 5.74) is 1.25. The lowest BCUT2D eigenvalue weighted by atomic mass is 10.1. The molecule has 0 bridgehead atoms. The van der Waals surface area contributed by atoms with Gasteiger partial charge in [0.2, 0.25) is 0 Å². The van der Waals surface area contributed by atoms with E-state index in [-0.39, 0.29) is 13.2 Å². The Balaban J connectivity index is 1.28. The summed E-state index contributed by atoms with van der Waals surface area (Å²) in [6.45, 7) is 8.68. The molecule has 1 fully saturated rings. The first kappa shape index (κ1) is 25.2. The maximum absolute atomic E-state index is 11.2. The van der Waals surface area contributed by atoms with E-state index in [0.717, 1.165) is 48.8 Å². The number of aromatic nitrogens is 2. The minimum atomic E-state index is -1.07. The summed E-state index contributed by atoms with van der Waals surface area (Å²) >= 11 is 0. The third-order valence-corrected chi connectivity index (χ3v) is 6.20. The molecule has 7 heteroatoms. The van der Waals surface area contributed by atoms with Gasteiger partial charge in [-0.15, -0.1) is 0 Å². The molecule has 188 valence electrons. The normalized spacial score (nSPS) is 18.8. The van der Waals surface area contributed by atoms with E-state index in [0.29, 0.717) is 26.3 Å². The van der Waals surface area contributed by atoms with Crippen molar-refractivity contribution < 1.29 is 19.3 Å². The molecular weight excluding hydrogens is 442 g/mol. The Morgan fingerprint density at radius 2 is 1.97 bits per heavy atom. The fraction of sp³-hybridized carbons (Fsp3) is 0.464. The Morgan fingerprint density at radius 1 is 1.11 bits per heavy atom. The second-order valence-corrected chi connectivity index (χ2v) is 9.33. The Morgan fingerprint density at radius 3 is 2.80 bits per heavy atom. The Kier molecular flexibility index (Phi) is 8.79. The number of hydrogen-bond donors (Lipinski definition) is 1. The number of nitrogens with zero attached hydrogens (tertiary/aromatic N) is 3. The molecule has 0 amide bonds. The SMILES string of the molecule is CCc1nccn1CCCOc1cccc(CN2CCOC[C@@](O)(COc3ccc(C)cc3)C2)c1. The van der Waals surface area contributed by atoms with Gasteiger partial charge in [0.15, 0.2) is 0 Å². The van der Waals surface area contributed by atoms with Crippen LogP contribution in [0.15, 0.2) is 60.9 Å². The first-order valence-electron chi connectivity index (χ1n) is 12.5. The molecular formula is C28H37N3O4. The van der Waals surface area contributed by atoms with Gasteiger partial charge in [-0.05, 0) is 43.2 Å². The molecule has 0 spiro atoms. The topological polar surface area (TPSA) is 69.0 Å². The number of aliphatic hydroxyl groups is 1. The minimum absolute atomic E-state index is 0.187. The van der Waals surface area contributed by atoms with Crippen molar-refractivity contribution >= 4 is 0 Å². The highest BCUT2D eigenvalue weighted by Crippen LogP contribution is 2.20. The molecule has 3 aromatic rings. The zero-order valence-corrected chi connectivity index (χ0v) is 20.9. The number of ether oxygens (including phenoxy) is 3. The summed E-state index contributed by atoms with van der Waals surface area (Å²) in [5.74, 6) is 2.73. The monoisotopic (exact) mass is 479 g/mol. The number of β-amino-alcohol motifs (C(OH)–C–C–N with tert-alkyl or cyclic N) is 1. The van der Waals surface area contributed by atoms with E-state index >= 15 is 0 Å². The highest BCUT2D eigenvalue weighted by Gasteiger charge is 2.33. The van der Waals surface area contributed by atoms with Crippen LogP contribution < -0.4 is 9.47 Å². The molecule has 2 aromatic carbocycles. The van der Waals surface area contributed by atoms with Crippen molar-refractivity contribution in [2.45, 2.75) is 45.4 Å². The third-order valence-electron chi connectivity index (χ3n) is 6.20. The quantitative estimate of drug-likeness (QED) is 0.421. The lowest BCUT2D eigenvalue weighted by Crippen LogP contribution is -2.48. The lowest BCUT2D eigenvalue weighted by Gasteiger charge is -2.30. The van der Waals surface area contributed by atoms with Crippen molar-refractivity contribution in [2.24, 2.45) is 0 Å². The molecule has 0 saturated carbocycles. The Hall–Kier alpha value is -2.87. The molecule has 0 aliphatic carbocycles. The van der Waals surface area contributed by atoms with Crippen LogP contribution in [0.2, 0.25) is 0 Å². The first-order valence-corrected chi connectivity index (χ1v) is 12.5. The maximum Gasteiger partial charge on any atom is 0.134 e. The van der Waals surface area contributed by atoms with Gasteiger partial charge in [-0.2, -0.15) is 0 Å². The van der Waals surface area contributed by atoms with Crippen LogP contribution >= 0.6 is 0 Å². The van der Waals surface area contributed by atoms with Gasteiger partial charge in [0, 0.05) is 45.0 Å². The van der Waals surface area contributed by atoms with Crippen molar-refractivity contribution in [2.75, 3.05) is 39.5 Å². The van der Waals surface area contributed by atoms with Crippen LogP contribution in [0, 0.1) is 6.92 Å². The summed E-state index contributed by atoms with van der Waals surface area (Å²) in [6, 6.07) is 16.1. The smallest absolute Gasteiger partial charge is 0.134 e. The van der Waals surface area contributed by atoms with Gasteiger partial charge in [-0.3, -0.25) is 4.90 Å². The highest BCUT2D eigenvalue weighted by molar-refractivity contribution is 5.29. The molecule has 1 aromatic heterocycles. The van der Waals surface area contributed by atoms with Crippen LogP contribution in [0.1, 0.15) is 30.3 Å². The van der Waals surface area contributed by atoms with Gasteiger partial charge in [-0.1, -0.05) is 36.8 Å². The average molecular weight is 480 g/mol. The van der Waals surface area contributed by atoms with Crippen molar-refractivity contribution in [3.8, 4) is 11.5 Å². The number of aryl methyl sites for hydroxylation is 3. The van der Waals surface area contributed by atoms with E-state index < -0.39 is 5.60 Å². The molecule has 4 rings (SSSR count). The van der Waals surface area contributed by atoms with Gasteiger partial charge >= 0.3 is 0 Å². The number of hydrogen-bond acceptors (Lipinski definition) is 6.